The number of halogens is 2. The average Bonchev–Trinajstić information content (AvgIpc) is 2.88. The van der Waals surface area contributed by atoms with E-state index < -0.39 is 17.6 Å². The first kappa shape index (κ1) is 26.6. The Morgan fingerprint density at radius 2 is 1.49 bits per heavy atom. The van der Waals surface area contributed by atoms with E-state index in [1.54, 1.807) is 18.2 Å². The maximum absolute atomic E-state index is 15.8. The molecule has 0 aliphatic carbocycles. The van der Waals surface area contributed by atoms with Crippen molar-refractivity contribution in [3.63, 3.8) is 0 Å². The summed E-state index contributed by atoms with van der Waals surface area (Å²) in [5.74, 6) is -2.31. The monoisotopic (exact) mass is 480 g/mol. The van der Waals surface area contributed by atoms with Crippen LogP contribution in [0.4, 0.5) is 8.78 Å². The molecule has 0 bridgehead atoms. The van der Waals surface area contributed by atoms with E-state index >= 15 is 8.78 Å². The van der Waals surface area contributed by atoms with Crippen molar-refractivity contribution in [3.05, 3.63) is 83.4 Å². The van der Waals surface area contributed by atoms with Crippen LogP contribution in [0.2, 0.25) is 0 Å². The summed E-state index contributed by atoms with van der Waals surface area (Å²) in [6, 6.07) is 16.9. The number of rotatable bonds is 13. The molecule has 3 nitrogen and oxygen atoms in total. The Morgan fingerprint density at radius 1 is 0.800 bits per heavy atom. The number of carbonyl (C=O) groups is 1. The lowest BCUT2D eigenvalue weighted by Crippen LogP contribution is -2.10. The minimum absolute atomic E-state index is 0.0258. The highest BCUT2D eigenvalue weighted by Crippen LogP contribution is 2.37. The topological polar surface area (TPSA) is 35.5 Å². The van der Waals surface area contributed by atoms with Gasteiger partial charge in [0.25, 0.3) is 0 Å². The zero-order valence-corrected chi connectivity index (χ0v) is 20.6. The van der Waals surface area contributed by atoms with Crippen LogP contribution >= 0.6 is 0 Å². The number of hydrogen-bond donors (Lipinski definition) is 0. The van der Waals surface area contributed by atoms with Crippen LogP contribution in [0, 0.1) is 11.6 Å². The van der Waals surface area contributed by atoms with Gasteiger partial charge in [0.15, 0.2) is 0 Å². The molecule has 0 atom stereocenters. The molecule has 0 aromatic heterocycles. The summed E-state index contributed by atoms with van der Waals surface area (Å²) in [6.45, 7) is 4.36. The zero-order valence-electron chi connectivity index (χ0n) is 20.6. The van der Waals surface area contributed by atoms with E-state index in [1.165, 1.54) is 37.8 Å². The number of hydrogen-bond acceptors (Lipinski definition) is 3. The quantitative estimate of drug-likeness (QED) is 0.139. The molecule has 3 aromatic carbocycles. The Labute approximate surface area is 207 Å². The number of carbonyl (C=O) groups excluding carboxylic acids is 1. The van der Waals surface area contributed by atoms with Crippen molar-refractivity contribution in [1.82, 2.24) is 0 Å². The average molecular weight is 481 g/mol. The van der Waals surface area contributed by atoms with E-state index in [1.807, 2.05) is 37.3 Å². The van der Waals surface area contributed by atoms with Crippen LogP contribution in [0.1, 0.15) is 74.7 Å². The van der Waals surface area contributed by atoms with E-state index in [4.69, 9.17) is 9.78 Å². The van der Waals surface area contributed by atoms with Gasteiger partial charge < -0.3 is 0 Å². The number of benzene rings is 3. The van der Waals surface area contributed by atoms with Gasteiger partial charge in [-0.2, -0.15) is 4.89 Å². The molecule has 3 aromatic rings. The third kappa shape index (κ3) is 7.22. The summed E-state index contributed by atoms with van der Waals surface area (Å²) < 4.78 is 30.8. The highest BCUT2D eigenvalue weighted by Gasteiger charge is 2.24. The van der Waals surface area contributed by atoms with Crippen LogP contribution in [0.5, 0.6) is 0 Å². The van der Waals surface area contributed by atoms with Gasteiger partial charge in [-0.25, -0.2) is 13.6 Å². The summed E-state index contributed by atoms with van der Waals surface area (Å²) in [6.07, 6.45) is 8.39. The second-order valence-electron chi connectivity index (χ2n) is 8.70. The summed E-state index contributed by atoms with van der Waals surface area (Å²) in [5, 5.41) is 0. The molecule has 0 saturated carbocycles. The van der Waals surface area contributed by atoms with Crippen LogP contribution in [0.3, 0.4) is 0 Å². The predicted octanol–water partition coefficient (Wildman–Crippen LogP) is 8.70. The van der Waals surface area contributed by atoms with Gasteiger partial charge in [-0.1, -0.05) is 101 Å². The summed E-state index contributed by atoms with van der Waals surface area (Å²) in [7, 11) is 0. The van der Waals surface area contributed by atoms with E-state index in [0.717, 1.165) is 30.4 Å². The van der Waals surface area contributed by atoms with Crippen LogP contribution in [-0.4, -0.2) is 12.6 Å². The first-order valence-corrected chi connectivity index (χ1v) is 12.6. The Hall–Kier alpha value is -3.05. The fourth-order valence-electron chi connectivity index (χ4n) is 4.09. The second kappa shape index (κ2) is 13.7. The Kier molecular flexibility index (Phi) is 10.4. The highest BCUT2D eigenvalue weighted by atomic mass is 19.1. The fourth-order valence-corrected chi connectivity index (χ4v) is 4.09. The van der Waals surface area contributed by atoms with E-state index in [0.29, 0.717) is 12.0 Å². The molecule has 0 aliphatic heterocycles. The summed E-state index contributed by atoms with van der Waals surface area (Å²) in [4.78, 5) is 22.5. The molecule has 3 rings (SSSR count). The van der Waals surface area contributed by atoms with Crippen molar-refractivity contribution in [2.24, 2.45) is 0 Å². The van der Waals surface area contributed by atoms with Crippen LogP contribution in [-0.2, 0) is 16.2 Å². The molecule has 0 fully saturated rings. The highest BCUT2D eigenvalue weighted by molar-refractivity contribution is 5.95. The fraction of sp³-hybridized carbons (Fsp3) is 0.367. The largest absolute Gasteiger partial charge is 0.376 e. The normalized spacial score (nSPS) is 11.0. The van der Waals surface area contributed by atoms with Crippen molar-refractivity contribution >= 4 is 5.97 Å². The molecule has 0 unspecified atom stereocenters. The summed E-state index contributed by atoms with van der Waals surface area (Å²) >= 11 is 0. The molecular formula is C30H34F2O3. The van der Waals surface area contributed by atoms with E-state index in [2.05, 4.69) is 6.92 Å². The smallest absolute Gasteiger partial charge is 0.293 e. The molecule has 0 N–H and O–H groups in total. The van der Waals surface area contributed by atoms with Gasteiger partial charge in [0.2, 0.25) is 0 Å². The zero-order chi connectivity index (χ0) is 25.0. The lowest BCUT2D eigenvalue weighted by Gasteiger charge is -2.15. The predicted molar refractivity (Wildman–Crippen MR) is 136 cm³/mol. The van der Waals surface area contributed by atoms with Gasteiger partial charge in [0.1, 0.15) is 11.6 Å². The van der Waals surface area contributed by atoms with Crippen LogP contribution < -0.4 is 0 Å². The third-order valence-corrected chi connectivity index (χ3v) is 6.12. The number of unbranched alkanes of at least 4 members (excludes halogenated alkanes) is 6. The minimum atomic E-state index is -0.933. The Bertz CT molecular complexity index is 1100. The van der Waals surface area contributed by atoms with Crippen LogP contribution in [0.25, 0.3) is 22.3 Å². The molecule has 0 radical (unpaired) electrons. The van der Waals surface area contributed by atoms with Crippen molar-refractivity contribution in [1.29, 1.82) is 0 Å². The molecule has 186 valence electrons. The van der Waals surface area contributed by atoms with Crippen molar-refractivity contribution in [2.45, 2.75) is 65.2 Å². The Morgan fingerprint density at radius 3 is 2.17 bits per heavy atom. The van der Waals surface area contributed by atoms with Gasteiger partial charge in [0, 0.05) is 11.1 Å². The van der Waals surface area contributed by atoms with E-state index in [-0.39, 0.29) is 23.3 Å². The molecule has 0 amide bonds. The first-order chi connectivity index (χ1) is 17.1. The van der Waals surface area contributed by atoms with Gasteiger partial charge in [-0.3, -0.25) is 4.89 Å². The second-order valence-corrected chi connectivity index (χ2v) is 8.70. The van der Waals surface area contributed by atoms with Crippen molar-refractivity contribution in [3.8, 4) is 22.3 Å². The van der Waals surface area contributed by atoms with Gasteiger partial charge in [-0.05, 0) is 41.7 Å². The van der Waals surface area contributed by atoms with Gasteiger partial charge in [-0.15, -0.1) is 0 Å². The van der Waals surface area contributed by atoms with Crippen molar-refractivity contribution in [2.75, 3.05) is 6.61 Å². The maximum Gasteiger partial charge on any atom is 0.376 e. The lowest BCUT2D eigenvalue weighted by atomic mass is 9.91. The standard InChI is InChI=1S/C30H34F2O3/c1-3-5-6-7-8-9-13-20-34-35-30(33)26-19-18-24(23-14-11-10-12-15-23)28(29(26)32)25-17-16-22(4-2)21-27(25)31/h10-12,14-19,21H,3-9,13,20H2,1-2H3. The Balaban J connectivity index is 1.77. The first-order valence-electron chi connectivity index (χ1n) is 12.6. The molecule has 0 aliphatic rings. The molecular weight excluding hydrogens is 446 g/mol. The SMILES string of the molecule is CCCCCCCCCOOC(=O)c1ccc(-c2ccccc2)c(-c2ccc(CC)cc2F)c1F. The number of aryl methyl sites for hydroxylation is 1. The molecule has 0 heterocycles. The third-order valence-electron chi connectivity index (χ3n) is 6.12. The maximum atomic E-state index is 15.8. The van der Waals surface area contributed by atoms with Gasteiger partial charge >= 0.3 is 5.97 Å². The molecule has 0 spiro atoms. The summed E-state index contributed by atoms with van der Waals surface area (Å²) in [5.41, 5.74) is 1.85. The molecule has 5 heteroatoms. The molecule has 0 saturated heterocycles. The molecule has 35 heavy (non-hydrogen) atoms. The van der Waals surface area contributed by atoms with Crippen LogP contribution in [0.15, 0.2) is 60.7 Å². The minimum Gasteiger partial charge on any atom is -0.293 e. The lowest BCUT2D eigenvalue weighted by molar-refractivity contribution is -0.241. The van der Waals surface area contributed by atoms with Gasteiger partial charge in [0.05, 0.1) is 12.2 Å². The van der Waals surface area contributed by atoms with E-state index in [9.17, 15) is 4.79 Å². The van der Waals surface area contributed by atoms with Crippen molar-refractivity contribution < 1.29 is 23.4 Å².